The van der Waals surface area contributed by atoms with Gasteiger partial charge in [-0.1, -0.05) is 50.9 Å². The van der Waals surface area contributed by atoms with Crippen molar-refractivity contribution in [2.24, 2.45) is 0 Å². The summed E-state index contributed by atoms with van der Waals surface area (Å²) in [6, 6.07) is 9.60. The Morgan fingerprint density at radius 3 is 2.44 bits per heavy atom. The van der Waals surface area contributed by atoms with Crippen LogP contribution < -0.4 is 0 Å². The van der Waals surface area contributed by atoms with Gasteiger partial charge in [-0.2, -0.15) is 0 Å². The van der Waals surface area contributed by atoms with Gasteiger partial charge in [0.1, 0.15) is 0 Å². The summed E-state index contributed by atoms with van der Waals surface area (Å²) in [5, 5.41) is 8.10. The second kappa shape index (κ2) is 5.36. The van der Waals surface area contributed by atoms with Crippen LogP contribution in [0.3, 0.4) is 0 Å². The maximum absolute atomic E-state index is 5.92. The van der Waals surface area contributed by atoms with Gasteiger partial charge < -0.3 is 0 Å². The summed E-state index contributed by atoms with van der Waals surface area (Å²) >= 11 is 16.5. The van der Waals surface area contributed by atoms with Crippen molar-refractivity contribution in [1.82, 2.24) is 10.2 Å². The number of halogens is 3. The topological polar surface area (TPSA) is 25.8 Å². The largest absolute Gasteiger partial charge is 0.165 e. The molecule has 6 heteroatoms. The Balaban J connectivity index is 2.26. The first-order valence-corrected chi connectivity index (χ1v) is 6.64. The summed E-state index contributed by atoms with van der Waals surface area (Å²) in [6.07, 6.45) is 0. The molecule has 16 heavy (non-hydrogen) atoms. The van der Waals surface area contributed by atoms with Crippen LogP contribution in [0.15, 0.2) is 44.6 Å². The Kier molecular flexibility index (Phi) is 4.08. The molecule has 0 saturated heterocycles. The molecule has 2 aromatic rings. The molecule has 1 aromatic carbocycles. The fourth-order valence-electron chi connectivity index (χ4n) is 1.04. The molecule has 1 aromatic heterocycles. The molecule has 0 aliphatic rings. The van der Waals surface area contributed by atoms with Gasteiger partial charge in [0.15, 0.2) is 10.3 Å². The van der Waals surface area contributed by atoms with E-state index in [1.165, 1.54) is 11.8 Å². The van der Waals surface area contributed by atoms with Gasteiger partial charge in [0.05, 0.1) is 4.90 Å². The summed E-state index contributed by atoms with van der Waals surface area (Å²) in [6.45, 7) is 0. The maximum Gasteiger partial charge on any atom is 0.165 e. The van der Waals surface area contributed by atoms with Crippen molar-refractivity contribution >= 4 is 50.9 Å². The van der Waals surface area contributed by atoms with E-state index in [1.54, 1.807) is 6.07 Å². The number of benzene rings is 1. The molecule has 0 unspecified atom stereocenters. The van der Waals surface area contributed by atoms with E-state index >= 15 is 0 Å². The molecule has 0 aliphatic carbocycles. The third-order valence-corrected chi connectivity index (χ3v) is 3.87. The van der Waals surface area contributed by atoms with Crippen LogP contribution in [0.5, 0.6) is 0 Å². The number of aromatic nitrogens is 2. The van der Waals surface area contributed by atoms with E-state index in [2.05, 4.69) is 26.1 Å². The molecule has 0 spiro atoms. The number of nitrogens with zero attached hydrogens (tertiary/aromatic N) is 2. The molecule has 0 radical (unpaired) electrons. The molecule has 2 nitrogen and oxygen atoms in total. The second-order valence-electron chi connectivity index (χ2n) is 2.88. The molecule has 0 aliphatic heterocycles. The smallest absolute Gasteiger partial charge is 0.137 e. The molecule has 0 bridgehead atoms. The Morgan fingerprint density at radius 1 is 1.06 bits per heavy atom. The van der Waals surface area contributed by atoms with Crippen molar-refractivity contribution in [2.75, 3.05) is 0 Å². The lowest BCUT2D eigenvalue weighted by atomic mass is 10.4. The van der Waals surface area contributed by atoms with Gasteiger partial charge in [0, 0.05) is 9.37 Å². The van der Waals surface area contributed by atoms with Crippen molar-refractivity contribution in [3.63, 3.8) is 0 Å². The van der Waals surface area contributed by atoms with Crippen molar-refractivity contribution < 1.29 is 0 Å². The summed E-state index contributed by atoms with van der Waals surface area (Å²) < 4.78 is 1.04. The number of hydrogen-bond donors (Lipinski definition) is 0. The molecule has 82 valence electrons. The Bertz CT molecular complexity index is 505. The average molecular weight is 336 g/mol. The molecule has 0 atom stereocenters. The van der Waals surface area contributed by atoms with E-state index in [-0.39, 0.29) is 0 Å². The van der Waals surface area contributed by atoms with Crippen molar-refractivity contribution in [3.8, 4) is 0 Å². The summed E-state index contributed by atoms with van der Waals surface area (Å²) in [5.41, 5.74) is 0. The van der Waals surface area contributed by atoms with Gasteiger partial charge in [0.2, 0.25) is 0 Å². The molecular formula is C10H5BrCl2N2S. The van der Waals surface area contributed by atoms with Crippen LogP contribution in [0.4, 0.5) is 0 Å². The van der Waals surface area contributed by atoms with Gasteiger partial charge in [-0.25, -0.2) is 0 Å². The molecule has 0 N–H and O–H groups in total. The normalized spacial score (nSPS) is 10.4. The van der Waals surface area contributed by atoms with Crippen LogP contribution in [0.25, 0.3) is 0 Å². The minimum Gasteiger partial charge on any atom is -0.137 e. The zero-order chi connectivity index (χ0) is 11.5. The van der Waals surface area contributed by atoms with E-state index in [1.807, 2.05) is 24.3 Å². The molecule has 0 fully saturated rings. The lowest BCUT2D eigenvalue weighted by Gasteiger charge is -2.03. The minimum atomic E-state index is 0.337. The minimum absolute atomic E-state index is 0.337. The first-order valence-electron chi connectivity index (χ1n) is 4.27. The predicted molar refractivity (Wildman–Crippen MR) is 70.3 cm³/mol. The van der Waals surface area contributed by atoms with Gasteiger partial charge in [-0.3, -0.25) is 0 Å². The van der Waals surface area contributed by atoms with Gasteiger partial charge in [-0.05, 0) is 30.3 Å². The first kappa shape index (κ1) is 12.2. The quantitative estimate of drug-likeness (QED) is 0.795. The zero-order valence-corrected chi connectivity index (χ0v) is 11.7. The molecule has 0 amide bonds. The third kappa shape index (κ3) is 3.10. The van der Waals surface area contributed by atoms with Crippen molar-refractivity contribution in [1.29, 1.82) is 0 Å². The number of rotatable bonds is 2. The van der Waals surface area contributed by atoms with Crippen LogP contribution in [-0.4, -0.2) is 10.2 Å². The van der Waals surface area contributed by atoms with Crippen LogP contribution in [0.1, 0.15) is 0 Å². The van der Waals surface area contributed by atoms with E-state index in [0.29, 0.717) is 10.3 Å². The highest BCUT2D eigenvalue weighted by Crippen LogP contribution is 2.33. The second-order valence-corrected chi connectivity index (χ2v) is 5.65. The van der Waals surface area contributed by atoms with Gasteiger partial charge in [-0.15, -0.1) is 10.2 Å². The summed E-state index contributed by atoms with van der Waals surface area (Å²) in [7, 11) is 0. The lowest BCUT2D eigenvalue weighted by molar-refractivity contribution is 0.998. The molecular weight excluding hydrogens is 331 g/mol. The lowest BCUT2D eigenvalue weighted by Crippen LogP contribution is -1.85. The molecule has 1 heterocycles. The van der Waals surface area contributed by atoms with Crippen molar-refractivity contribution in [3.05, 3.63) is 45.1 Å². The Hall–Kier alpha value is -0.290. The molecule has 0 saturated carbocycles. The van der Waals surface area contributed by atoms with Crippen LogP contribution in [-0.2, 0) is 0 Å². The van der Waals surface area contributed by atoms with Crippen LogP contribution in [0, 0.1) is 0 Å². The highest BCUT2D eigenvalue weighted by Gasteiger charge is 2.06. The van der Waals surface area contributed by atoms with E-state index in [9.17, 15) is 0 Å². The third-order valence-electron chi connectivity index (χ3n) is 1.73. The monoisotopic (exact) mass is 334 g/mol. The number of hydrogen-bond acceptors (Lipinski definition) is 3. The molecule has 2 rings (SSSR count). The highest BCUT2D eigenvalue weighted by molar-refractivity contribution is 9.10. The first-order chi connectivity index (χ1) is 7.65. The Labute approximate surface area is 115 Å². The maximum atomic E-state index is 5.92. The van der Waals surface area contributed by atoms with Crippen LogP contribution >= 0.6 is 50.9 Å². The highest BCUT2D eigenvalue weighted by atomic mass is 79.9. The van der Waals surface area contributed by atoms with E-state index < -0.39 is 0 Å². The summed E-state index contributed by atoms with van der Waals surface area (Å²) in [4.78, 5) is 1.86. The van der Waals surface area contributed by atoms with E-state index in [4.69, 9.17) is 23.2 Å². The van der Waals surface area contributed by atoms with E-state index in [0.717, 1.165) is 14.3 Å². The fourth-order valence-corrected chi connectivity index (χ4v) is 2.54. The summed E-state index contributed by atoms with van der Waals surface area (Å²) in [5.74, 6) is 0. The standard InChI is InChI=1S/C10H5BrCl2N2S/c11-6-1-3-7(4-2-6)16-8-5-9(12)14-15-10(8)13/h1-5H. The van der Waals surface area contributed by atoms with Crippen molar-refractivity contribution in [2.45, 2.75) is 9.79 Å². The predicted octanol–water partition coefficient (Wildman–Crippen LogP) is 4.70. The zero-order valence-electron chi connectivity index (χ0n) is 7.82. The SMILES string of the molecule is Clc1cc(Sc2ccc(Br)cc2)c(Cl)nn1. The van der Waals surface area contributed by atoms with Gasteiger partial charge in [0.25, 0.3) is 0 Å². The fraction of sp³-hybridized carbons (Fsp3) is 0. The van der Waals surface area contributed by atoms with Crippen LogP contribution in [0.2, 0.25) is 10.3 Å². The average Bonchev–Trinajstić information content (AvgIpc) is 2.27. The van der Waals surface area contributed by atoms with Gasteiger partial charge >= 0.3 is 0 Å². The Morgan fingerprint density at radius 2 is 1.75 bits per heavy atom.